The molecule has 3 fully saturated rings. The molecule has 5 aromatic rings. The highest BCUT2D eigenvalue weighted by Gasteiger charge is 2.43. The smallest absolute Gasteiger partial charge is 0.262 e. The van der Waals surface area contributed by atoms with E-state index in [0.29, 0.717) is 29.9 Å². The first kappa shape index (κ1) is 27.3. The number of fused-ring (bicyclic) bond motifs is 4. The molecule has 2 unspecified atom stereocenters. The number of H-pyrrole nitrogens is 2. The molecule has 1 saturated heterocycles. The van der Waals surface area contributed by atoms with E-state index in [1.165, 1.54) is 40.7 Å². The van der Waals surface area contributed by atoms with E-state index in [-0.39, 0.29) is 31.7 Å². The number of imidazole rings is 2. The van der Waals surface area contributed by atoms with Crippen LogP contribution in [0, 0.1) is 5.92 Å². The summed E-state index contributed by atoms with van der Waals surface area (Å²) in [5.74, 6) is -3.09. The molecule has 0 radical (unpaired) electrons. The van der Waals surface area contributed by atoms with Crippen LogP contribution in [0.3, 0.4) is 0 Å². The summed E-state index contributed by atoms with van der Waals surface area (Å²) >= 11 is 0. The highest BCUT2D eigenvalue weighted by Crippen LogP contribution is 2.56. The molecule has 4 atom stereocenters. The summed E-state index contributed by atoms with van der Waals surface area (Å²) in [4.78, 5) is 15.7. The summed E-state index contributed by atoms with van der Waals surface area (Å²) < 4.78 is 55.1. The van der Waals surface area contributed by atoms with E-state index in [1.54, 1.807) is 6.20 Å². The molecular formula is C36H33F4N5. The van der Waals surface area contributed by atoms with Gasteiger partial charge in [-0.15, -0.1) is 0 Å². The molecule has 2 saturated carbocycles. The number of hydrogen-bond acceptors (Lipinski definition) is 3. The number of rotatable bonds is 5. The molecule has 3 aliphatic carbocycles. The van der Waals surface area contributed by atoms with Crippen molar-refractivity contribution in [3.63, 3.8) is 0 Å². The van der Waals surface area contributed by atoms with Crippen LogP contribution < -0.4 is 5.32 Å². The number of nitrogens with zero attached hydrogens (tertiary/aromatic N) is 2. The molecular weight excluding hydrogens is 578 g/mol. The Bertz CT molecular complexity index is 1940. The minimum Gasteiger partial charge on any atom is -0.342 e. The van der Waals surface area contributed by atoms with Crippen molar-refractivity contribution in [3.8, 4) is 33.5 Å². The van der Waals surface area contributed by atoms with Crippen LogP contribution in [0.25, 0.3) is 44.5 Å². The van der Waals surface area contributed by atoms with Crippen molar-refractivity contribution in [3.05, 3.63) is 83.6 Å². The van der Waals surface area contributed by atoms with Gasteiger partial charge in [0, 0.05) is 25.2 Å². The Balaban J connectivity index is 1.02. The number of aromatic nitrogens is 4. The molecule has 3 aromatic carbocycles. The Hall–Kier alpha value is -3.98. The maximum Gasteiger partial charge on any atom is 0.262 e. The maximum absolute atomic E-state index is 13.8. The highest BCUT2D eigenvalue weighted by atomic mass is 19.3. The second kappa shape index (κ2) is 9.76. The van der Waals surface area contributed by atoms with Gasteiger partial charge < -0.3 is 15.3 Å². The molecule has 5 nitrogen and oxygen atoms in total. The van der Waals surface area contributed by atoms with Crippen LogP contribution in [0.5, 0.6) is 0 Å². The quantitative estimate of drug-likeness (QED) is 0.174. The van der Waals surface area contributed by atoms with Crippen LogP contribution in [-0.2, 0) is 6.42 Å². The number of hydrogen-bond donors (Lipinski definition) is 3. The summed E-state index contributed by atoms with van der Waals surface area (Å²) in [6.07, 6.45) is 5.25. The highest BCUT2D eigenvalue weighted by molar-refractivity contribution is 5.86. The van der Waals surface area contributed by atoms with Crippen LogP contribution in [0.15, 0.2) is 60.8 Å². The van der Waals surface area contributed by atoms with E-state index in [2.05, 4.69) is 73.8 Å². The summed E-state index contributed by atoms with van der Waals surface area (Å²) in [7, 11) is 0. The van der Waals surface area contributed by atoms with E-state index in [1.807, 2.05) is 6.07 Å². The standard InChI is InChI=1S/C36H33F4N5/c37-35(38)12-11-23(15-35)33-41-17-31(45-33)20-3-1-19(2-4-20)25-9-8-24(27-13-21-5-7-26(21)32(25)27)22-6-10-28-29(14-22)44-34(43-28)30-16-36(39,40)18-42-30/h1-4,6,8-10,14,17,21,23,26,30,42H,5,7,11-13,15-16,18H2,(H,41,45)(H,43,44)/t21?,23-,26?,30-/m0/s1. The van der Waals surface area contributed by atoms with Crippen molar-refractivity contribution >= 4 is 11.0 Å². The molecule has 0 bridgehead atoms. The number of halogens is 4. The summed E-state index contributed by atoms with van der Waals surface area (Å²) in [6.45, 7) is -0.322. The zero-order valence-corrected chi connectivity index (χ0v) is 24.6. The van der Waals surface area contributed by atoms with Crippen LogP contribution in [0.2, 0.25) is 0 Å². The van der Waals surface area contributed by atoms with Gasteiger partial charge in [0.1, 0.15) is 11.6 Å². The lowest BCUT2D eigenvalue weighted by atomic mass is 9.73. The molecule has 3 N–H and O–H groups in total. The normalized spacial score (nSPS) is 26.2. The predicted octanol–water partition coefficient (Wildman–Crippen LogP) is 8.91. The first-order chi connectivity index (χ1) is 21.7. The minimum absolute atomic E-state index is 0.0754. The van der Waals surface area contributed by atoms with E-state index in [4.69, 9.17) is 0 Å². The second-order valence-electron chi connectivity index (χ2n) is 13.6. The van der Waals surface area contributed by atoms with Crippen LogP contribution >= 0.6 is 0 Å². The Morgan fingerprint density at radius 3 is 2.29 bits per heavy atom. The van der Waals surface area contributed by atoms with Crippen molar-refractivity contribution in [2.75, 3.05) is 6.54 Å². The molecule has 4 aliphatic rings. The lowest BCUT2D eigenvalue weighted by Gasteiger charge is -2.31. The van der Waals surface area contributed by atoms with Gasteiger partial charge in [0.05, 0.1) is 35.5 Å². The number of aromatic amines is 2. The van der Waals surface area contributed by atoms with Gasteiger partial charge in [-0.25, -0.2) is 27.5 Å². The van der Waals surface area contributed by atoms with Gasteiger partial charge in [-0.1, -0.05) is 42.5 Å². The first-order valence-corrected chi connectivity index (χ1v) is 16.0. The van der Waals surface area contributed by atoms with Crippen molar-refractivity contribution in [1.82, 2.24) is 25.3 Å². The second-order valence-corrected chi connectivity index (χ2v) is 13.6. The van der Waals surface area contributed by atoms with E-state index >= 15 is 0 Å². The third kappa shape index (κ3) is 4.61. The Morgan fingerprint density at radius 1 is 0.756 bits per heavy atom. The SMILES string of the molecule is FC1(F)CC[C@H](c2ncc(-c3ccc(-c4ccc(-c5ccc6nc([C@@H]7CC(F)(F)CN7)[nH]c6c5)c5c4C4CCC4C5)cc3)[nH]2)C1. The largest absolute Gasteiger partial charge is 0.342 e. The van der Waals surface area contributed by atoms with Gasteiger partial charge in [0.25, 0.3) is 5.92 Å². The Labute approximate surface area is 257 Å². The lowest BCUT2D eigenvalue weighted by molar-refractivity contribution is 0.00752. The van der Waals surface area contributed by atoms with E-state index in [9.17, 15) is 17.6 Å². The molecule has 0 spiro atoms. The zero-order chi connectivity index (χ0) is 30.5. The van der Waals surface area contributed by atoms with Crippen molar-refractivity contribution in [1.29, 1.82) is 0 Å². The summed E-state index contributed by atoms with van der Waals surface area (Å²) in [5.41, 5.74) is 11.1. The third-order valence-electron chi connectivity index (χ3n) is 10.8. The van der Waals surface area contributed by atoms with Crippen molar-refractivity contribution in [2.24, 2.45) is 5.92 Å². The number of benzene rings is 3. The van der Waals surface area contributed by atoms with Crippen molar-refractivity contribution < 1.29 is 17.6 Å². The molecule has 230 valence electrons. The first-order valence-electron chi connectivity index (χ1n) is 16.0. The Morgan fingerprint density at radius 2 is 1.56 bits per heavy atom. The maximum atomic E-state index is 13.8. The average Bonchev–Trinajstić information content (AvgIpc) is 3.83. The van der Waals surface area contributed by atoms with Gasteiger partial charge in [-0.3, -0.25) is 0 Å². The minimum atomic E-state index is -2.71. The fraction of sp³-hybridized carbons (Fsp3) is 0.389. The number of nitrogens with one attached hydrogen (secondary N) is 3. The molecule has 45 heavy (non-hydrogen) atoms. The third-order valence-corrected chi connectivity index (χ3v) is 10.8. The van der Waals surface area contributed by atoms with Gasteiger partial charge in [-0.2, -0.15) is 0 Å². The van der Waals surface area contributed by atoms with E-state index < -0.39 is 17.9 Å². The molecule has 3 heterocycles. The lowest BCUT2D eigenvalue weighted by Crippen LogP contribution is -2.19. The van der Waals surface area contributed by atoms with Gasteiger partial charge in [0.2, 0.25) is 5.92 Å². The van der Waals surface area contributed by atoms with Crippen LogP contribution in [0.4, 0.5) is 17.6 Å². The topological polar surface area (TPSA) is 69.4 Å². The fourth-order valence-electron chi connectivity index (χ4n) is 8.26. The van der Waals surface area contributed by atoms with Gasteiger partial charge in [0.15, 0.2) is 0 Å². The average molecular weight is 612 g/mol. The summed E-state index contributed by atoms with van der Waals surface area (Å²) in [6, 6.07) is 18.7. The zero-order valence-electron chi connectivity index (χ0n) is 24.6. The summed E-state index contributed by atoms with van der Waals surface area (Å²) in [5, 5.41) is 2.90. The molecule has 9 rings (SSSR count). The van der Waals surface area contributed by atoms with Crippen LogP contribution in [0.1, 0.15) is 79.2 Å². The molecule has 1 aliphatic heterocycles. The fourth-order valence-corrected chi connectivity index (χ4v) is 8.26. The molecule has 9 heteroatoms. The van der Waals surface area contributed by atoms with Gasteiger partial charge >= 0.3 is 0 Å². The van der Waals surface area contributed by atoms with Crippen molar-refractivity contribution in [2.45, 2.75) is 74.7 Å². The number of alkyl halides is 4. The Kier molecular flexibility index (Phi) is 5.93. The monoisotopic (exact) mass is 611 g/mol. The van der Waals surface area contributed by atoms with E-state index in [0.717, 1.165) is 34.3 Å². The molecule has 0 amide bonds. The van der Waals surface area contributed by atoms with Crippen LogP contribution in [-0.4, -0.2) is 38.3 Å². The predicted molar refractivity (Wildman–Crippen MR) is 166 cm³/mol. The molecule has 2 aromatic heterocycles. The van der Waals surface area contributed by atoms with Gasteiger partial charge in [-0.05, 0) is 88.6 Å².